The summed E-state index contributed by atoms with van der Waals surface area (Å²) in [6, 6.07) is 11.1. The van der Waals surface area contributed by atoms with Crippen LogP contribution in [-0.2, 0) is 13.0 Å². The number of nitrogens with zero attached hydrogens (tertiary/aromatic N) is 2. The molecule has 0 N–H and O–H groups in total. The van der Waals surface area contributed by atoms with Crippen molar-refractivity contribution in [3.8, 4) is 0 Å². The number of hydrogen-bond donors (Lipinski definition) is 0. The van der Waals surface area contributed by atoms with Crippen molar-refractivity contribution in [3.63, 3.8) is 0 Å². The van der Waals surface area contributed by atoms with E-state index in [2.05, 4.69) is 18.5 Å². The fourth-order valence-corrected chi connectivity index (χ4v) is 4.65. The summed E-state index contributed by atoms with van der Waals surface area (Å²) >= 11 is 2.86. The van der Waals surface area contributed by atoms with E-state index in [1.807, 2.05) is 31.2 Å². The van der Waals surface area contributed by atoms with Crippen molar-refractivity contribution in [1.29, 1.82) is 0 Å². The molecule has 0 unspecified atom stereocenters. The Kier molecular flexibility index (Phi) is 5.74. The molecule has 2 heterocycles. The summed E-state index contributed by atoms with van der Waals surface area (Å²) < 4.78 is 1.60. The van der Waals surface area contributed by atoms with E-state index < -0.39 is 0 Å². The van der Waals surface area contributed by atoms with E-state index in [1.54, 1.807) is 22.8 Å². The van der Waals surface area contributed by atoms with Gasteiger partial charge in [0.25, 0.3) is 5.56 Å². The molecule has 0 saturated heterocycles. The van der Waals surface area contributed by atoms with Crippen LogP contribution in [0.1, 0.15) is 29.1 Å². The minimum absolute atomic E-state index is 0.0236. The quantitative estimate of drug-likeness (QED) is 0.259. The summed E-state index contributed by atoms with van der Waals surface area (Å²) in [7, 11) is 0. The lowest BCUT2D eigenvalue weighted by atomic mass is 10.1. The molecule has 2 aromatic heterocycles. The molecule has 3 rings (SSSR count). The van der Waals surface area contributed by atoms with Crippen molar-refractivity contribution in [3.05, 3.63) is 69.8 Å². The summed E-state index contributed by atoms with van der Waals surface area (Å²) in [5.74, 6) is 0.0236. The number of allylic oxidation sites excluding steroid dienone is 1. The van der Waals surface area contributed by atoms with Crippen LogP contribution >= 0.6 is 23.1 Å². The number of hydrogen-bond acceptors (Lipinski definition) is 5. The van der Waals surface area contributed by atoms with E-state index in [4.69, 9.17) is 0 Å². The topological polar surface area (TPSA) is 52.0 Å². The molecule has 3 aromatic rings. The van der Waals surface area contributed by atoms with Crippen molar-refractivity contribution in [2.24, 2.45) is 0 Å². The van der Waals surface area contributed by atoms with Crippen molar-refractivity contribution in [2.75, 3.05) is 0 Å². The van der Waals surface area contributed by atoms with E-state index in [0.29, 0.717) is 22.7 Å². The fourth-order valence-electron chi connectivity index (χ4n) is 2.65. The van der Waals surface area contributed by atoms with Crippen LogP contribution in [0.4, 0.5) is 0 Å². The van der Waals surface area contributed by atoms with Gasteiger partial charge < -0.3 is 0 Å². The Morgan fingerprint density at radius 3 is 2.77 bits per heavy atom. The SMILES string of the molecule is C=CCn1c(S[C@H](C)C(=O)c2ccccc2)nc2sc(CC)cc2c1=O. The molecule has 0 aliphatic rings. The first-order chi connectivity index (χ1) is 12.5. The van der Waals surface area contributed by atoms with Crippen molar-refractivity contribution in [2.45, 2.75) is 37.2 Å². The molecular formula is C20H20N2O2S2. The maximum Gasteiger partial charge on any atom is 0.263 e. The standard InChI is InChI=1S/C20H20N2O2S2/c1-4-11-22-19(24)16-12-15(5-2)26-18(16)21-20(22)25-13(3)17(23)14-9-7-6-8-10-14/h4,6-10,12-13H,1,5,11H2,2-3H3/t13-/m1/s1. The highest BCUT2D eigenvalue weighted by molar-refractivity contribution is 8.00. The molecule has 0 spiro atoms. The van der Waals surface area contributed by atoms with E-state index in [-0.39, 0.29) is 16.6 Å². The highest BCUT2D eigenvalue weighted by Gasteiger charge is 2.21. The molecule has 0 aliphatic carbocycles. The number of ketones is 1. The Labute approximate surface area is 160 Å². The van der Waals surface area contributed by atoms with Crippen LogP contribution in [0, 0.1) is 0 Å². The van der Waals surface area contributed by atoms with Gasteiger partial charge in [0.15, 0.2) is 10.9 Å². The molecular weight excluding hydrogens is 364 g/mol. The van der Waals surface area contributed by atoms with Crippen LogP contribution in [0.5, 0.6) is 0 Å². The number of Topliss-reactive ketones (excluding diaryl/α,β-unsaturated/α-hetero) is 1. The van der Waals surface area contributed by atoms with E-state index in [0.717, 1.165) is 16.1 Å². The predicted molar refractivity (Wildman–Crippen MR) is 110 cm³/mol. The molecule has 1 atom stereocenters. The molecule has 0 fully saturated rings. The zero-order chi connectivity index (χ0) is 18.7. The number of aromatic nitrogens is 2. The smallest absolute Gasteiger partial charge is 0.263 e. The van der Waals surface area contributed by atoms with Gasteiger partial charge in [-0.3, -0.25) is 14.2 Å². The molecule has 0 bridgehead atoms. The van der Waals surface area contributed by atoms with Gasteiger partial charge in [0.2, 0.25) is 0 Å². The second-order valence-electron chi connectivity index (χ2n) is 5.87. The van der Waals surface area contributed by atoms with Gasteiger partial charge in [0.1, 0.15) is 4.83 Å². The molecule has 0 aliphatic heterocycles. The third kappa shape index (κ3) is 3.66. The molecule has 0 radical (unpaired) electrons. The van der Waals surface area contributed by atoms with E-state index in [9.17, 15) is 9.59 Å². The second kappa shape index (κ2) is 8.01. The van der Waals surface area contributed by atoms with Crippen LogP contribution in [-0.4, -0.2) is 20.6 Å². The normalized spacial score (nSPS) is 12.2. The first-order valence-electron chi connectivity index (χ1n) is 8.45. The Hall–Kier alpha value is -2.18. The molecule has 26 heavy (non-hydrogen) atoms. The Morgan fingerprint density at radius 2 is 2.12 bits per heavy atom. The third-order valence-corrected chi connectivity index (χ3v) is 6.30. The van der Waals surface area contributed by atoms with Crippen LogP contribution < -0.4 is 5.56 Å². The van der Waals surface area contributed by atoms with Crippen molar-refractivity contribution >= 4 is 39.1 Å². The largest absolute Gasteiger partial charge is 0.293 e. The molecule has 4 nitrogen and oxygen atoms in total. The number of thiophene rings is 1. The van der Waals surface area contributed by atoms with Crippen LogP contribution in [0.15, 0.2) is 59.0 Å². The van der Waals surface area contributed by atoms with Crippen LogP contribution in [0.3, 0.4) is 0 Å². The van der Waals surface area contributed by atoms with Crippen LogP contribution in [0.25, 0.3) is 10.2 Å². The number of aryl methyl sites for hydroxylation is 1. The fraction of sp³-hybridized carbons (Fsp3) is 0.250. The third-order valence-electron chi connectivity index (χ3n) is 4.04. The summed E-state index contributed by atoms with van der Waals surface area (Å²) in [5.41, 5.74) is 0.586. The number of thioether (sulfide) groups is 1. The molecule has 1 aromatic carbocycles. The summed E-state index contributed by atoms with van der Waals surface area (Å²) in [6.07, 6.45) is 2.54. The number of rotatable bonds is 7. The lowest BCUT2D eigenvalue weighted by Gasteiger charge is -2.14. The summed E-state index contributed by atoms with van der Waals surface area (Å²) in [4.78, 5) is 32.1. The Morgan fingerprint density at radius 1 is 1.38 bits per heavy atom. The zero-order valence-electron chi connectivity index (χ0n) is 14.8. The first-order valence-corrected chi connectivity index (χ1v) is 10.1. The second-order valence-corrected chi connectivity index (χ2v) is 8.30. The van der Waals surface area contributed by atoms with Gasteiger partial charge >= 0.3 is 0 Å². The highest BCUT2D eigenvalue weighted by atomic mass is 32.2. The number of benzene rings is 1. The zero-order valence-corrected chi connectivity index (χ0v) is 16.4. The molecule has 6 heteroatoms. The molecule has 0 saturated carbocycles. The lowest BCUT2D eigenvalue weighted by molar-refractivity contribution is 0.0994. The van der Waals surface area contributed by atoms with Gasteiger partial charge in [-0.2, -0.15) is 0 Å². The van der Waals surface area contributed by atoms with Crippen molar-refractivity contribution < 1.29 is 4.79 Å². The van der Waals surface area contributed by atoms with Gasteiger partial charge in [-0.15, -0.1) is 17.9 Å². The van der Waals surface area contributed by atoms with E-state index in [1.165, 1.54) is 23.1 Å². The minimum Gasteiger partial charge on any atom is -0.293 e. The van der Waals surface area contributed by atoms with Gasteiger partial charge in [-0.25, -0.2) is 4.98 Å². The monoisotopic (exact) mass is 384 g/mol. The van der Waals surface area contributed by atoms with E-state index >= 15 is 0 Å². The maximum atomic E-state index is 12.9. The average Bonchev–Trinajstić information content (AvgIpc) is 3.08. The number of fused-ring (bicyclic) bond motifs is 1. The minimum atomic E-state index is -0.344. The van der Waals surface area contributed by atoms with Crippen LogP contribution in [0.2, 0.25) is 0 Å². The summed E-state index contributed by atoms with van der Waals surface area (Å²) in [6.45, 7) is 8.02. The Balaban J connectivity index is 2.00. The first kappa shape index (κ1) is 18.6. The van der Waals surface area contributed by atoms with Crippen molar-refractivity contribution in [1.82, 2.24) is 9.55 Å². The molecule has 134 valence electrons. The predicted octanol–water partition coefficient (Wildman–Crippen LogP) is 4.57. The lowest BCUT2D eigenvalue weighted by Crippen LogP contribution is -2.24. The average molecular weight is 385 g/mol. The van der Waals surface area contributed by atoms with Gasteiger partial charge in [0, 0.05) is 17.0 Å². The maximum absolute atomic E-state index is 12.9. The highest BCUT2D eigenvalue weighted by Crippen LogP contribution is 2.28. The van der Waals surface area contributed by atoms with Gasteiger partial charge in [-0.1, -0.05) is 55.1 Å². The Bertz CT molecular complexity index is 1010. The number of carbonyl (C=O) groups excluding carboxylic acids is 1. The van der Waals surface area contributed by atoms with Gasteiger partial charge in [-0.05, 0) is 19.4 Å². The van der Waals surface area contributed by atoms with Gasteiger partial charge in [0.05, 0.1) is 10.6 Å². The number of carbonyl (C=O) groups is 1. The summed E-state index contributed by atoms with van der Waals surface area (Å²) in [5, 5.41) is 0.854. The molecule has 0 amide bonds.